The molecule has 0 radical (unpaired) electrons. The molecule has 0 saturated carbocycles. The molecule has 0 amide bonds. The third kappa shape index (κ3) is 4.56. The van der Waals surface area contributed by atoms with E-state index in [1.807, 2.05) is 19.1 Å². The van der Waals surface area contributed by atoms with Crippen LogP contribution in [0.1, 0.15) is 17.5 Å². The van der Waals surface area contributed by atoms with Crippen molar-refractivity contribution in [3.05, 3.63) is 57.8 Å². The molecule has 0 aliphatic rings. The number of hydrogen-bond acceptors (Lipinski definition) is 3. The predicted octanol–water partition coefficient (Wildman–Crippen LogP) is 4.79. The summed E-state index contributed by atoms with van der Waals surface area (Å²) < 4.78 is 24.2. The van der Waals surface area contributed by atoms with E-state index < -0.39 is 0 Å². The minimum absolute atomic E-state index is 0.232. The second-order valence-electron chi connectivity index (χ2n) is 4.87. The Bertz CT molecular complexity index is 665. The minimum Gasteiger partial charge on any atom is -0.469 e. The molecule has 0 saturated heterocycles. The van der Waals surface area contributed by atoms with Crippen LogP contribution in [0.5, 0.6) is 11.5 Å². The Kier molecular flexibility index (Phi) is 5.55. The molecule has 3 nitrogen and oxygen atoms in total. The second kappa shape index (κ2) is 7.40. The van der Waals surface area contributed by atoms with Gasteiger partial charge in [-0.3, -0.25) is 4.79 Å². The maximum absolute atomic E-state index is 13.3. The van der Waals surface area contributed by atoms with Crippen LogP contribution in [-0.4, -0.2) is 13.1 Å². The third-order valence-corrected chi connectivity index (χ3v) is 3.67. The topological polar surface area (TPSA) is 35.5 Å². The maximum atomic E-state index is 13.3. The van der Waals surface area contributed by atoms with Crippen molar-refractivity contribution in [2.75, 3.05) is 7.11 Å². The van der Waals surface area contributed by atoms with Crippen molar-refractivity contribution < 1.29 is 18.7 Å². The molecule has 0 unspecified atom stereocenters. The van der Waals surface area contributed by atoms with E-state index in [0.717, 1.165) is 11.1 Å². The molecular weight excluding hydrogens is 351 g/mol. The molecular formula is C17H16BrFO3. The van der Waals surface area contributed by atoms with Gasteiger partial charge in [-0.1, -0.05) is 22.0 Å². The van der Waals surface area contributed by atoms with E-state index in [1.54, 1.807) is 12.1 Å². The van der Waals surface area contributed by atoms with Crippen molar-refractivity contribution in [1.29, 1.82) is 0 Å². The van der Waals surface area contributed by atoms with E-state index in [9.17, 15) is 9.18 Å². The molecule has 0 spiro atoms. The molecule has 2 aromatic carbocycles. The lowest BCUT2D eigenvalue weighted by molar-refractivity contribution is -0.140. The quantitative estimate of drug-likeness (QED) is 0.713. The molecule has 0 heterocycles. The number of aryl methyl sites for hydroxylation is 2. The Morgan fingerprint density at radius 3 is 2.59 bits per heavy atom. The summed E-state index contributed by atoms with van der Waals surface area (Å²) in [6, 6.07) is 9.97. The van der Waals surface area contributed by atoms with Crippen LogP contribution < -0.4 is 4.74 Å². The van der Waals surface area contributed by atoms with E-state index in [4.69, 9.17) is 4.74 Å². The van der Waals surface area contributed by atoms with Gasteiger partial charge < -0.3 is 9.47 Å². The molecule has 22 heavy (non-hydrogen) atoms. The summed E-state index contributed by atoms with van der Waals surface area (Å²) in [6.45, 7) is 1.95. The predicted molar refractivity (Wildman–Crippen MR) is 85.7 cm³/mol. The van der Waals surface area contributed by atoms with Crippen LogP contribution in [0, 0.1) is 12.7 Å². The number of methoxy groups -OCH3 is 1. The van der Waals surface area contributed by atoms with E-state index in [1.165, 1.54) is 19.2 Å². The summed E-state index contributed by atoms with van der Waals surface area (Å²) in [5.41, 5.74) is 2.06. The van der Waals surface area contributed by atoms with Crippen LogP contribution in [0.25, 0.3) is 0 Å². The van der Waals surface area contributed by atoms with Crippen molar-refractivity contribution in [2.24, 2.45) is 0 Å². The highest BCUT2D eigenvalue weighted by molar-refractivity contribution is 9.10. The smallest absolute Gasteiger partial charge is 0.305 e. The number of carbonyl (C=O) groups excluding carboxylic acids is 1. The molecule has 0 aliphatic carbocycles. The Labute approximate surface area is 137 Å². The summed E-state index contributed by atoms with van der Waals surface area (Å²) >= 11 is 3.23. The van der Waals surface area contributed by atoms with Gasteiger partial charge in [0.1, 0.15) is 17.3 Å². The summed E-state index contributed by atoms with van der Waals surface area (Å²) in [7, 11) is 1.38. The van der Waals surface area contributed by atoms with Crippen LogP contribution in [0.2, 0.25) is 0 Å². The van der Waals surface area contributed by atoms with Crippen LogP contribution >= 0.6 is 15.9 Å². The van der Waals surface area contributed by atoms with E-state index in [0.29, 0.717) is 28.8 Å². The fourth-order valence-corrected chi connectivity index (χ4v) is 2.52. The average molecular weight is 367 g/mol. The van der Waals surface area contributed by atoms with Gasteiger partial charge >= 0.3 is 5.97 Å². The van der Waals surface area contributed by atoms with Gasteiger partial charge in [-0.25, -0.2) is 4.39 Å². The van der Waals surface area contributed by atoms with Crippen LogP contribution in [0.3, 0.4) is 0 Å². The zero-order chi connectivity index (χ0) is 16.1. The standard InChI is InChI=1S/C17H16BrFO3/c1-11-7-15(5-3-12(11)4-6-17(20)21-2)22-16-9-13(18)8-14(19)10-16/h3,5,7-10H,4,6H2,1-2H3. The Hall–Kier alpha value is -1.88. The molecule has 2 aromatic rings. The normalized spacial score (nSPS) is 10.4. The number of hydrogen-bond donors (Lipinski definition) is 0. The van der Waals surface area contributed by atoms with Crippen LogP contribution in [0.15, 0.2) is 40.9 Å². The van der Waals surface area contributed by atoms with Gasteiger partial charge in [0.15, 0.2) is 0 Å². The highest BCUT2D eigenvalue weighted by Gasteiger charge is 2.07. The number of rotatable bonds is 5. The zero-order valence-electron chi connectivity index (χ0n) is 12.4. The Morgan fingerprint density at radius 1 is 1.18 bits per heavy atom. The number of ether oxygens (including phenoxy) is 2. The molecule has 0 aromatic heterocycles. The molecule has 0 N–H and O–H groups in total. The van der Waals surface area contributed by atoms with E-state index in [2.05, 4.69) is 20.7 Å². The van der Waals surface area contributed by atoms with Gasteiger partial charge in [0.25, 0.3) is 0 Å². The minimum atomic E-state index is -0.365. The number of esters is 1. The number of carbonyl (C=O) groups is 1. The van der Waals surface area contributed by atoms with Gasteiger partial charge in [-0.15, -0.1) is 0 Å². The summed E-state index contributed by atoms with van der Waals surface area (Å²) in [5, 5.41) is 0. The van der Waals surface area contributed by atoms with Gasteiger partial charge in [-0.2, -0.15) is 0 Å². The van der Waals surface area contributed by atoms with Gasteiger partial charge in [0, 0.05) is 17.0 Å². The number of benzene rings is 2. The first kappa shape index (κ1) is 16.5. The van der Waals surface area contributed by atoms with E-state index >= 15 is 0 Å². The molecule has 0 fully saturated rings. The number of halogens is 2. The lowest BCUT2D eigenvalue weighted by Crippen LogP contribution is -2.02. The van der Waals surface area contributed by atoms with Gasteiger partial charge in [0.2, 0.25) is 0 Å². The first-order chi connectivity index (χ1) is 10.5. The maximum Gasteiger partial charge on any atom is 0.305 e. The van der Waals surface area contributed by atoms with Crippen LogP contribution in [0.4, 0.5) is 4.39 Å². The average Bonchev–Trinajstić information content (AvgIpc) is 2.45. The largest absolute Gasteiger partial charge is 0.469 e. The monoisotopic (exact) mass is 366 g/mol. The SMILES string of the molecule is COC(=O)CCc1ccc(Oc2cc(F)cc(Br)c2)cc1C. The first-order valence-electron chi connectivity index (χ1n) is 6.78. The van der Waals surface area contributed by atoms with Gasteiger partial charge in [0.05, 0.1) is 7.11 Å². The molecule has 5 heteroatoms. The fourth-order valence-electron chi connectivity index (χ4n) is 2.07. The molecule has 0 atom stereocenters. The summed E-state index contributed by atoms with van der Waals surface area (Å²) in [4.78, 5) is 11.2. The fraction of sp³-hybridized carbons (Fsp3) is 0.235. The molecule has 116 valence electrons. The van der Waals surface area contributed by atoms with Crippen molar-refractivity contribution in [1.82, 2.24) is 0 Å². The zero-order valence-corrected chi connectivity index (χ0v) is 13.9. The van der Waals surface area contributed by atoms with Crippen molar-refractivity contribution in [3.63, 3.8) is 0 Å². The Morgan fingerprint density at radius 2 is 1.95 bits per heavy atom. The lowest BCUT2D eigenvalue weighted by Gasteiger charge is -2.10. The van der Waals surface area contributed by atoms with Crippen LogP contribution in [-0.2, 0) is 16.0 Å². The second-order valence-corrected chi connectivity index (χ2v) is 5.79. The van der Waals surface area contributed by atoms with Crippen molar-refractivity contribution in [2.45, 2.75) is 19.8 Å². The summed E-state index contributed by atoms with van der Waals surface area (Å²) in [5.74, 6) is 0.450. The lowest BCUT2D eigenvalue weighted by atomic mass is 10.0. The molecule has 2 rings (SSSR count). The van der Waals surface area contributed by atoms with Crippen molar-refractivity contribution in [3.8, 4) is 11.5 Å². The first-order valence-corrected chi connectivity index (χ1v) is 7.57. The molecule has 0 bridgehead atoms. The summed E-state index contributed by atoms with van der Waals surface area (Å²) in [6.07, 6.45) is 0.957. The Balaban J connectivity index is 2.10. The molecule has 0 aliphatic heterocycles. The highest BCUT2D eigenvalue weighted by atomic mass is 79.9. The van der Waals surface area contributed by atoms with E-state index in [-0.39, 0.29) is 11.8 Å². The highest BCUT2D eigenvalue weighted by Crippen LogP contribution is 2.27. The van der Waals surface area contributed by atoms with Crippen molar-refractivity contribution >= 4 is 21.9 Å². The van der Waals surface area contributed by atoms with Gasteiger partial charge in [-0.05, 0) is 48.7 Å². The third-order valence-electron chi connectivity index (χ3n) is 3.21.